The molecule has 0 atom stereocenters. The zero-order valence-electron chi connectivity index (χ0n) is 13.6. The second-order valence-corrected chi connectivity index (χ2v) is 6.30. The predicted octanol–water partition coefficient (Wildman–Crippen LogP) is 1.10. The molecular formula is C16H26N4O2. The zero-order chi connectivity index (χ0) is 15.4. The maximum Gasteiger partial charge on any atom is 0.225 e. The molecule has 0 spiro atoms. The van der Waals surface area contributed by atoms with Gasteiger partial charge in [-0.05, 0) is 26.9 Å². The van der Waals surface area contributed by atoms with Gasteiger partial charge >= 0.3 is 0 Å². The fourth-order valence-electron chi connectivity index (χ4n) is 2.90. The molecule has 1 aromatic rings. The summed E-state index contributed by atoms with van der Waals surface area (Å²) in [7, 11) is 4.15. The van der Waals surface area contributed by atoms with Crippen molar-refractivity contribution in [2.24, 2.45) is 0 Å². The standard InChI is InChI=1S/C16H26N4O2/c1-19(2)8-10-22-14-3-6-20(7-4-14)16-17-11-13-12-21-9-5-15(13)18-16/h11,14H,3-10,12H2,1-2H3. The van der Waals surface area contributed by atoms with Crippen LogP contribution in [0.25, 0.3) is 0 Å². The van der Waals surface area contributed by atoms with Crippen LogP contribution in [-0.4, -0.2) is 67.9 Å². The van der Waals surface area contributed by atoms with E-state index in [1.54, 1.807) is 0 Å². The molecule has 6 heteroatoms. The van der Waals surface area contributed by atoms with Crippen molar-refractivity contribution in [3.8, 4) is 0 Å². The molecule has 1 saturated heterocycles. The Hall–Kier alpha value is -1.24. The van der Waals surface area contributed by atoms with Crippen molar-refractivity contribution < 1.29 is 9.47 Å². The third-order valence-electron chi connectivity index (χ3n) is 4.30. The van der Waals surface area contributed by atoms with E-state index in [-0.39, 0.29) is 0 Å². The Morgan fingerprint density at radius 3 is 2.95 bits per heavy atom. The number of nitrogens with zero attached hydrogens (tertiary/aromatic N) is 4. The van der Waals surface area contributed by atoms with E-state index in [2.05, 4.69) is 28.9 Å². The normalized spacial score (nSPS) is 19.5. The van der Waals surface area contributed by atoms with Crippen molar-refractivity contribution in [1.82, 2.24) is 14.9 Å². The second kappa shape index (κ2) is 7.35. The lowest BCUT2D eigenvalue weighted by Gasteiger charge is -2.32. The smallest absolute Gasteiger partial charge is 0.225 e. The highest BCUT2D eigenvalue weighted by atomic mass is 16.5. The molecule has 2 aliphatic heterocycles. The molecule has 0 saturated carbocycles. The van der Waals surface area contributed by atoms with Crippen molar-refractivity contribution in [1.29, 1.82) is 0 Å². The lowest BCUT2D eigenvalue weighted by atomic mass is 10.1. The fraction of sp³-hybridized carbons (Fsp3) is 0.750. The summed E-state index contributed by atoms with van der Waals surface area (Å²) in [5, 5.41) is 0. The number of fused-ring (bicyclic) bond motifs is 1. The van der Waals surface area contributed by atoms with E-state index in [9.17, 15) is 0 Å². The minimum absolute atomic E-state index is 0.377. The number of likely N-dealkylation sites (N-methyl/N-ethyl adjacent to an activating group) is 1. The number of hydrogen-bond acceptors (Lipinski definition) is 6. The molecule has 0 bridgehead atoms. The summed E-state index contributed by atoms with van der Waals surface area (Å²) >= 11 is 0. The Labute approximate surface area is 132 Å². The van der Waals surface area contributed by atoms with Gasteiger partial charge in [-0.3, -0.25) is 0 Å². The van der Waals surface area contributed by atoms with E-state index in [4.69, 9.17) is 14.5 Å². The highest BCUT2D eigenvalue weighted by Gasteiger charge is 2.22. The van der Waals surface area contributed by atoms with Crippen LogP contribution in [0.1, 0.15) is 24.1 Å². The van der Waals surface area contributed by atoms with Crippen molar-refractivity contribution >= 4 is 5.95 Å². The van der Waals surface area contributed by atoms with Gasteiger partial charge in [-0.25, -0.2) is 9.97 Å². The maximum absolute atomic E-state index is 5.94. The summed E-state index contributed by atoms with van der Waals surface area (Å²) in [4.78, 5) is 13.7. The van der Waals surface area contributed by atoms with Crippen LogP contribution in [0.4, 0.5) is 5.95 Å². The van der Waals surface area contributed by atoms with Crippen LogP contribution in [0.2, 0.25) is 0 Å². The van der Waals surface area contributed by atoms with Gasteiger partial charge < -0.3 is 19.3 Å². The van der Waals surface area contributed by atoms with Crippen LogP contribution in [0.15, 0.2) is 6.20 Å². The lowest BCUT2D eigenvalue weighted by molar-refractivity contribution is 0.0292. The summed E-state index contributed by atoms with van der Waals surface area (Å²) in [5.41, 5.74) is 2.29. The van der Waals surface area contributed by atoms with Gasteiger partial charge in [0, 0.05) is 37.8 Å². The van der Waals surface area contributed by atoms with Crippen LogP contribution in [0.3, 0.4) is 0 Å². The number of aromatic nitrogens is 2. The van der Waals surface area contributed by atoms with E-state index in [1.165, 1.54) is 0 Å². The van der Waals surface area contributed by atoms with Gasteiger partial charge in [-0.2, -0.15) is 0 Å². The molecule has 2 aliphatic rings. The Kier molecular flexibility index (Phi) is 5.23. The third-order valence-corrected chi connectivity index (χ3v) is 4.30. The van der Waals surface area contributed by atoms with Crippen molar-refractivity contribution in [3.05, 3.63) is 17.5 Å². The molecule has 0 aromatic carbocycles. The molecule has 3 heterocycles. The quantitative estimate of drug-likeness (QED) is 0.812. The molecule has 122 valence electrons. The Bertz CT molecular complexity index is 487. The van der Waals surface area contributed by atoms with E-state index in [0.29, 0.717) is 12.7 Å². The molecule has 1 fully saturated rings. The average molecular weight is 306 g/mol. The molecule has 3 rings (SSSR count). The summed E-state index contributed by atoms with van der Waals surface area (Å²) in [6.07, 6.45) is 5.31. The monoisotopic (exact) mass is 306 g/mol. The average Bonchev–Trinajstić information content (AvgIpc) is 2.55. The van der Waals surface area contributed by atoms with Crippen molar-refractivity contribution in [2.45, 2.75) is 32.0 Å². The summed E-state index contributed by atoms with van der Waals surface area (Å²) < 4.78 is 11.4. The maximum atomic E-state index is 5.94. The predicted molar refractivity (Wildman–Crippen MR) is 85.1 cm³/mol. The second-order valence-electron chi connectivity index (χ2n) is 6.30. The Morgan fingerprint density at radius 1 is 1.36 bits per heavy atom. The summed E-state index contributed by atoms with van der Waals surface area (Å²) in [6.45, 7) is 5.16. The van der Waals surface area contributed by atoms with E-state index >= 15 is 0 Å². The molecule has 22 heavy (non-hydrogen) atoms. The number of ether oxygens (including phenoxy) is 2. The van der Waals surface area contributed by atoms with Crippen molar-refractivity contribution in [2.75, 3.05) is 51.8 Å². The van der Waals surface area contributed by atoms with Crippen LogP contribution >= 0.6 is 0 Å². The van der Waals surface area contributed by atoms with Gasteiger partial charge in [-0.1, -0.05) is 0 Å². The molecule has 0 N–H and O–H groups in total. The SMILES string of the molecule is CN(C)CCOC1CCN(c2ncc3c(n2)CCOC3)CC1. The highest BCUT2D eigenvalue weighted by molar-refractivity contribution is 5.34. The van der Waals surface area contributed by atoms with Crippen LogP contribution in [0.5, 0.6) is 0 Å². The van der Waals surface area contributed by atoms with Crippen molar-refractivity contribution in [3.63, 3.8) is 0 Å². The lowest BCUT2D eigenvalue weighted by Crippen LogP contribution is -2.39. The van der Waals surface area contributed by atoms with E-state index in [1.807, 2.05) is 6.20 Å². The van der Waals surface area contributed by atoms with E-state index < -0.39 is 0 Å². The summed E-state index contributed by atoms with van der Waals surface area (Å²) in [6, 6.07) is 0. The first-order valence-corrected chi connectivity index (χ1v) is 8.16. The highest BCUT2D eigenvalue weighted by Crippen LogP contribution is 2.21. The van der Waals surface area contributed by atoms with Crippen LogP contribution < -0.4 is 4.90 Å². The van der Waals surface area contributed by atoms with E-state index in [0.717, 1.165) is 69.3 Å². The van der Waals surface area contributed by atoms with Gasteiger partial charge in [0.15, 0.2) is 0 Å². The molecule has 0 amide bonds. The third kappa shape index (κ3) is 3.94. The molecule has 0 unspecified atom stereocenters. The van der Waals surface area contributed by atoms with Gasteiger partial charge in [-0.15, -0.1) is 0 Å². The fourth-order valence-corrected chi connectivity index (χ4v) is 2.90. The van der Waals surface area contributed by atoms with Crippen LogP contribution in [-0.2, 0) is 22.5 Å². The number of anilines is 1. The van der Waals surface area contributed by atoms with Gasteiger partial charge in [0.1, 0.15) is 0 Å². The molecule has 6 nitrogen and oxygen atoms in total. The first kappa shape index (κ1) is 15.6. The molecule has 0 aliphatic carbocycles. The topological polar surface area (TPSA) is 50.7 Å². The minimum atomic E-state index is 0.377. The molecule has 0 radical (unpaired) electrons. The number of piperidine rings is 1. The molecular weight excluding hydrogens is 280 g/mol. The zero-order valence-corrected chi connectivity index (χ0v) is 13.6. The largest absolute Gasteiger partial charge is 0.377 e. The Morgan fingerprint density at radius 2 is 2.18 bits per heavy atom. The number of rotatable bonds is 5. The Balaban J connectivity index is 1.51. The first-order chi connectivity index (χ1) is 10.7. The number of hydrogen-bond donors (Lipinski definition) is 0. The molecule has 1 aromatic heterocycles. The van der Waals surface area contributed by atoms with Crippen LogP contribution in [0, 0.1) is 0 Å². The van der Waals surface area contributed by atoms with Gasteiger partial charge in [0.05, 0.1) is 31.6 Å². The minimum Gasteiger partial charge on any atom is -0.377 e. The van der Waals surface area contributed by atoms with Gasteiger partial charge in [0.25, 0.3) is 0 Å². The summed E-state index contributed by atoms with van der Waals surface area (Å²) in [5.74, 6) is 0.868. The first-order valence-electron chi connectivity index (χ1n) is 8.16. The van der Waals surface area contributed by atoms with Gasteiger partial charge in [0.2, 0.25) is 5.95 Å².